The fourth-order valence-electron chi connectivity index (χ4n) is 2.13. The summed E-state index contributed by atoms with van der Waals surface area (Å²) in [5.41, 5.74) is 2.09. The normalized spacial score (nSPS) is 14.2. The maximum absolute atomic E-state index is 13.1. The molecule has 0 bridgehead atoms. The van der Waals surface area contributed by atoms with Crippen molar-refractivity contribution in [2.24, 2.45) is 0 Å². The molecule has 0 saturated heterocycles. The quantitative estimate of drug-likeness (QED) is 0.833. The van der Waals surface area contributed by atoms with E-state index in [0.717, 1.165) is 27.9 Å². The monoisotopic (exact) mass is 349 g/mol. The summed E-state index contributed by atoms with van der Waals surface area (Å²) < 4.78 is 19.7. The van der Waals surface area contributed by atoms with Crippen LogP contribution in [-0.4, -0.2) is 6.04 Å². The van der Waals surface area contributed by atoms with Gasteiger partial charge in [0, 0.05) is 28.2 Å². The highest BCUT2D eigenvalue weighted by Crippen LogP contribution is 2.24. The summed E-state index contributed by atoms with van der Waals surface area (Å²) in [7, 11) is 0. The average molecular weight is 350 g/mol. The standard InChI is InChI=1S/C17H17BrFNO/c18-16-9-14(19)6-5-13(16)11-21-17-4-2-1-3-12(17)10-20-15-7-8-15/h1-6,9,15,20H,7-8,10-11H2. The van der Waals surface area contributed by atoms with Crippen LogP contribution in [0.4, 0.5) is 4.39 Å². The van der Waals surface area contributed by atoms with Crippen LogP contribution in [0.25, 0.3) is 0 Å². The molecular weight excluding hydrogens is 333 g/mol. The molecule has 0 heterocycles. The van der Waals surface area contributed by atoms with E-state index in [2.05, 4.69) is 27.3 Å². The van der Waals surface area contributed by atoms with Gasteiger partial charge in [0.05, 0.1) is 0 Å². The predicted octanol–water partition coefficient (Wildman–Crippen LogP) is 4.42. The summed E-state index contributed by atoms with van der Waals surface area (Å²) >= 11 is 3.36. The SMILES string of the molecule is Fc1ccc(COc2ccccc2CNC2CC2)c(Br)c1. The average Bonchev–Trinajstić information content (AvgIpc) is 3.29. The first-order chi connectivity index (χ1) is 10.2. The molecule has 1 aliphatic rings. The third-order valence-electron chi connectivity index (χ3n) is 3.53. The van der Waals surface area contributed by atoms with Gasteiger partial charge in [-0.2, -0.15) is 0 Å². The van der Waals surface area contributed by atoms with Crippen LogP contribution in [0.1, 0.15) is 24.0 Å². The van der Waals surface area contributed by atoms with Crippen LogP contribution in [0.3, 0.4) is 0 Å². The Balaban J connectivity index is 1.66. The van der Waals surface area contributed by atoms with Crippen LogP contribution < -0.4 is 10.1 Å². The van der Waals surface area contributed by atoms with E-state index < -0.39 is 0 Å². The molecule has 0 spiro atoms. The van der Waals surface area contributed by atoms with Crippen molar-refractivity contribution < 1.29 is 9.13 Å². The molecule has 1 aliphatic carbocycles. The van der Waals surface area contributed by atoms with Gasteiger partial charge in [0.2, 0.25) is 0 Å². The molecule has 110 valence electrons. The molecule has 0 unspecified atom stereocenters. The van der Waals surface area contributed by atoms with Crippen molar-refractivity contribution in [3.63, 3.8) is 0 Å². The van der Waals surface area contributed by atoms with E-state index in [1.807, 2.05) is 18.2 Å². The van der Waals surface area contributed by atoms with Crippen LogP contribution in [0.2, 0.25) is 0 Å². The molecule has 0 amide bonds. The van der Waals surface area contributed by atoms with Gasteiger partial charge in [-0.3, -0.25) is 0 Å². The van der Waals surface area contributed by atoms with E-state index in [9.17, 15) is 4.39 Å². The lowest BCUT2D eigenvalue weighted by Gasteiger charge is -2.13. The van der Waals surface area contributed by atoms with E-state index in [1.165, 1.54) is 25.0 Å². The van der Waals surface area contributed by atoms with Crippen LogP contribution in [0, 0.1) is 5.82 Å². The van der Waals surface area contributed by atoms with Gasteiger partial charge < -0.3 is 10.1 Å². The lowest BCUT2D eigenvalue weighted by atomic mass is 10.2. The van der Waals surface area contributed by atoms with Crippen molar-refractivity contribution in [3.05, 3.63) is 63.9 Å². The Morgan fingerprint density at radius 2 is 1.95 bits per heavy atom. The van der Waals surface area contributed by atoms with E-state index in [0.29, 0.717) is 12.6 Å². The maximum Gasteiger partial charge on any atom is 0.124 e. The lowest BCUT2D eigenvalue weighted by molar-refractivity contribution is 0.301. The highest BCUT2D eigenvalue weighted by molar-refractivity contribution is 9.10. The van der Waals surface area contributed by atoms with Gasteiger partial charge in [-0.15, -0.1) is 0 Å². The second-order valence-electron chi connectivity index (χ2n) is 5.29. The Kier molecular flexibility index (Phi) is 4.56. The molecule has 0 atom stereocenters. The first kappa shape index (κ1) is 14.5. The summed E-state index contributed by atoms with van der Waals surface area (Å²) in [4.78, 5) is 0. The Morgan fingerprint density at radius 3 is 2.71 bits per heavy atom. The van der Waals surface area contributed by atoms with Crippen molar-refractivity contribution in [1.82, 2.24) is 5.32 Å². The molecule has 1 N–H and O–H groups in total. The molecule has 0 aliphatic heterocycles. The fraction of sp³-hybridized carbons (Fsp3) is 0.294. The largest absolute Gasteiger partial charge is 0.489 e. The number of halogens is 2. The van der Waals surface area contributed by atoms with Crippen LogP contribution in [-0.2, 0) is 13.2 Å². The highest BCUT2D eigenvalue weighted by Gasteiger charge is 2.20. The van der Waals surface area contributed by atoms with E-state index in [4.69, 9.17) is 4.74 Å². The molecule has 4 heteroatoms. The number of hydrogen-bond donors (Lipinski definition) is 1. The van der Waals surface area contributed by atoms with E-state index >= 15 is 0 Å². The lowest BCUT2D eigenvalue weighted by Crippen LogP contribution is -2.16. The topological polar surface area (TPSA) is 21.3 Å². The van der Waals surface area contributed by atoms with Crippen molar-refractivity contribution in [2.75, 3.05) is 0 Å². The summed E-state index contributed by atoms with van der Waals surface area (Å²) in [6, 6.07) is 13.4. The number of benzene rings is 2. The van der Waals surface area contributed by atoms with Gasteiger partial charge in [0.25, 0.3) is 0 Å². The Labute approximate surface area is 132 Å². The Bertz CT molecular complexity index is 628. The van der Waals surface area contributed by atoms with Crippen molar-refractivity contribution in [3.8, 4) is 5.75 Å². The zero-order chi connectivity index (χ0) is 14.7. The number of ether oxygens (including phenoxy) is 1. The van der Waals surface area contributed by atoms with Crippen molar-refractivity contribution in [1.29, 1.82) is 0 Å². The number of nitrogens with one attached hydrogen (secondary N) is 1. The molecule has 21 heavy (non-hydrogen) atoms. The minimum atomic E-state index is -0.250. The third kappa shape index (κ3) is 4.05. The van der Waals surface area contributed by atoms with Gasteiger partial charge in [-0.25, -0.2) is 4.39 Å². The molecule has 1 saturated carbocycles. The summed E-state index contributed by atoms with van der Waals surface area (Å²) in [5.74, 6) is 0.626. The molecule has 2 nitrogen and oxygen atoms in total. The van der Waals surface area contributed by atoms with Crippen molar-refractivity contribution in [2.45, 2.75) is 32.0 Å². The van der Waals surface area contributed by atoms with Crippen LogP contribution in [0.5, 0.6) is 5.75 Å². The first-order valence-corrected chi connectivity index (χ1v) is 7.89. The van der Waals surface area contributed by atoms with E-state index in [1.54, 1.807) is 6.07 Å². The summed E-state index contributed by atoms with van der Waals surface area (Å²) in [6.45, 7) is 1.24. The molecule has 0 aromatic heterocycles. The van der Waals surface area contributed by atoms with Crippen LogP contribution >= 0.6 is 15.9 Å². The summed E-state index contributed by atoms with van der Waals surface area (Å²) in [5, 5.41) is 3.49. The first-order valence-electron chi connectivity index (χ1n) is 7.10. The van der Waals surface area contributed by atoms with Gasteiger partial charge in [0.1, 0.15) is 18.2 Å². The Hall–Kier alpha value is -1.39. The van der Waals surface area contributed by atoms with Crippen molar-refractivity contribution >= 4 is 15.9 Å². The molecular formula is C17H17BrFNO. The van der Waals surface area contributed by atoms with Crippen LogP contribution in [0.15, 0.2) is 46.9 Å². The molecule has 3 rings (SSSR count). The molecule has 2 aromatic rings. The zero-order valence-electron chi connectivity index (χ0n) is 11.6. The number of rotatable bonds is 6. The molecule has 1 fully saturated rings. The number of para-hydroxylation sites is 1. The van der Waals surface area contributed by atoms with Gasteiger partial charge in [-0.1, -0.05) is 40.2 Å². The molecule has 0 radical (unpaired) electrons. The van der Waals surface area contributed by atoms with Gasteiger partial charge in [-0.05, 0) is 31.0 Å². The third-order valence-corrected chi connectivity index (χ3v) is 4.27. The van der Waals surface area contributed by atoms with Gasteiger partial charge in [0.15, 0.2) is 0 Å². The minimum Gasteiger partial charge on any atom is -0.489 e. The molecule has 2 aromatic carbocycles. The Morgan fingerprint density at radius 1 is 1.14 bits per heavy atom. The fourth-order valence-corrected chi connectivity index (χ4v) is 2.59. The van der Waals surface area contributed by atoms with E-state index in [-0.39, 0.29) is 5.82 Å². The zero-order valence-corrected chi connectivity index (χ0v) is 13.2. The van der Waals surface area contributed by atoms with Gasteiger partial charge >= 0.3 is 0 Å². The second-order valence-corrected chi connectivity index (χ2v) is 6.14. The number of hydrogen-bond acceptors (Lipinski definition) is 2. The second kappa shape index (κ2) is 6.58. The minimum absolute atomic E-state index is 0.250. The predicted molar refractivity (Wildman–Crippen MR) is 84.7 cm³/mol. The highest BCUT2D eigenvalue weighted by atomic mass is 79.9. The smallest absolute Gasteiger partial charge is 0.124 e. The maximum atomic E-state index is 13.1. The summed E-state index contributed by atoms with van der Waals surface area (Å²) in [6.07, 6.45) is 2.54.